The van der Waals surface area contributed by atoms with Crippen LogP contribution in [0.3, 0.4) is 0 Å². The molecular weight excluding hydrogens is 222 g/mol. The number of carbonyl (C=O) groups excluding carboxylic acids is 2. The highest BCUT2D eigenvalue weighted by Crippen LogP contribution is 1.89. The van der Waals surface area contributed by atoms with Crippen molar-refractivity contribution in [3.8, 4) is 0 Å². The van der Waals surface area contributed by atoms with E-state index in [1.54, 1.807) is 7.11 Å². The predicted octanol–water partition coefficient (Wildman–Crippen LogP) is -0.619. The summed E-state index contributed by atoms with van der Waals surface area (Å²) in [5.74, 6) is -0.329. The standard InChI is InChI=1S/C11H23N3O3/c1-8(2)14-10(15)4-6-13-11(16)9(12)5-7-17-3/h8-9H,4-7,12H2,1-3H3,(H,13,16)(H,14,15). The lowest BCUT2D eigenvalue weighted by atomic mass is 10.2. The lowest BCUT2D eigenvalue weighted by Gasteiger charge is -2.12. The van der Waals surface area contributed by atoms with Gasteiger partial charge >= 0.3 is 0 Å². The van der Waals surface area contributed by atoms with Gasteiger partial charge in [-0.15, -0.1) is 0 Å². The van der Waals surface area contributed by atoms with Crippen molar-refractivity contribution in [3.05, 3.63) is 0 Å². The van der Waals surface area contributed by atoms with E-state index in [0.717, 1.165) is 0 Å². The van der Waals surface area contributed by atoms with Gasteiger partial charge in [0.15, 0.2) is 0 Å². The third-order valence-corrected chi connectivity index (χ3v) is 2.07. The second-order valence-electron chi connectivity index (χ2n) is 4.15. The summed E-state index contributed by atoms with van der Waals surface area (Å²) in [7, 11) is 1.56. The van der Waals surface area contributed by atoms with Crippen molar-refractivity contribution in [3.63, 3.8) is 0 Å². The van der Waals surface area contributed by atoms with Crippen LogP contribution in [-0.4, -0.2) is 44.2 Å². The van der Waals surface area contributed by atoms with E-state index in [1.165, 1.54) is 0 Å². The molecule has 0 aromatic rings. The first-order valence-corrected chi connectivity index (χ1v) is 5.79. The molecule has 1 atom stereocenters. The minimum Gasteiger partial charge on any atom is -0.385 e. The van der Waals surface area contributed by atoms with Gasteiger partial charge < -0.3 is 21.1 Å². The highest BCUT2D eigenvalue weighted by molar-refractivity contribution is 5.82. The summed E-state index contributed by atoms with van der Waals surface area (Å²) in [4.78, 5) is 22.7. The van der Waals surface area contributed by atoms with Gasteiger partial charge in [-0.1, -0.05) is 0 Å². The van der Waals surface area contributed by atoms with Gasteiger partial charge in [0.25, 0.3) is 0 Å². The third kappa shape index (κ3) is 8.65. The zero-order valence-electron chi connectivity index (χ0n) is 10.8. The summed E-state index contributed by atoms with van der Waals surface area (Å²) < 4.78 is 4.82. The number of methoxy groups -OCH3 is 1. The predicted molar refractivity (Wildman–Crippen MR) is 65.4 cm³/mol. The molecule has 0 aliphatic rings. The van der Waals surface area contributed by atoms with Crippen molar-refractivity contribution in [2.45, 2.75) is 38.8 Å². The number of ether oxygens (including phenoxy) is 1. The average molecular weight is 245 g/mol. The van der Waals surface area contributed by atoms with E-state index in [4.69, 9.17) is 10.5 Å². The molecule has 100 valence electrons. The van der Waals surface area contributed by atoms with E-state index in [9.17, 15) is 9.59 Å². The van der Waals surface area contributed by atoms with Crippen LogP contribution in [-0.2, 0) is 14.3 Å². The first-order chi connectivity index (χ1) is 7.97. The second kappa shape index (κ2) is 8.95. The molecule has 0 aromatic heterocycles. The monoisotopic (exact) mass is 245 g/mol. The van der Waals surface area contributed by atoms with E-state index in [1.807, 2.05) is 13.8 Å². The maximum absolute atomic E-state index is 11.4. The van der Waals surface area contributed by atoms with Crippen LogP contribution in [0.5, 0.6) is 0 Å². The lowest BCUT2D eigenvalue weighted by molar-refractivity contribution is -0.123. The Balaban J connectivity index is 3.66. The first kappa shape index (κ1) is 15.9. The number of nitrogens with one attached hydrogen (secondary N) is 2. The Morgan fingerprint density at radius 3 is 2.53 bits per heavy atom. The van der Waals surface area contributed by atoms with E-state index in [-0.39, 0.29) is 24.3 Å². The molecule has 4 N–H and O–H groups in total. The Kier molecular flexibility index (Phi) is 8.35. The fourth-order valence-electron chi connectivity index (χ4n) is 1.20. The van der Waals surface area contributed by atoms with E-state index < -0.39 is 6.04 Å². The van der Waals surface area contributed by atoms with Crippen molar-refractivity contribution in [1.82, 2.24) is 10.6 Å². The Bertz CT molecular complexity index is 244. The van der Waals surface area contributed by atoms with Gasteiger partial charge in [-0.25, -0.2) is 0 Å². The van der Waals surface area contributed by atoms with Crippen LogP contribution in [0, 0.1) is 0 Å². The van der Waals surface area contributed by atoms with Crippen LogP contribution in [0.2, 0.25) is 0 Å². The molecular formula is C11H23N3O3. The van der Waals surface area contributed by atoms with Gasteiger partial charge in [-0.05, 0) is 20.3 Å². The normalized spacial score (nSPS) is 12.3. The van der Waals surface area contributed by atoms with Gasteiger partial charge in [-0.2, -0.15) is 0 Å². The zero-order valence-corrected chi connectivity index (χ0v) is 10.8. The molecule has 0 saturated carbocycles. The number of carbonyl (C=O) groups is 2. The molecule has 2 amide bonds. The number of nitrogens with two attached hydrogens (primary N) is 1. The molecule has 0 rings (SSSR count). The fraction of sp³-hybridized carbons (Fsp3) is 0.818. The largest absolute Gasteiger partial charge is 0.385 e. The fourth-order valence-corrected chi connectivity index (χ4v) is 1.20. The average Bonchev–Trinajstić information content (AvgIpc) is 2.24. The summed E-state index contributed by atoms with van der Waals surface area (Å²) in [5.41, 5.74) is 5.61. The van der Waals surface area contributed by atoms with Crippen LogP contribution in [0.4, 0.5) is 0 Å². The molecule has 0 heterocycles. The molecule has 17 heavy (non-hydrogen) atoms. The van der Waals surface area contributed by atoms with Crippen molar-refractivity contribution >= 4 is 11.8 Å². The summed E-state index contributed by atoms with van der Waals surface area (Å²) in [6, 6.07) is -0.467. The Hall–Kier alpha value is -1.14. The minimum absolute atomic E-state index is 0.0780. The third-order valence-electron chi connectivity index (χ3n) is 2.07. The SMILES string of the molecule is COCCC(N)C(=O)NCCC(=O)NC(C)C. The van der Waals surface area contributed by atoms with Crippen LogP contribution < -0.4 is 16.4 Å². The number of hydrogen-bond donors (Lipinski definition) is 3. The van der Waals surface area contributed by atoms with Crippen LogP contribution in [0.15, 0.2) is 0 Å². The molecule has 0 bridgehead atoms. The smallest absolute Gasteiger partial charge is 0.237 e. The minimum atomic E-state index is -0.580. The van der Waals surface area contributed by atoms with Crippen molar-refractivity contribution in [1.29, 1.82) is 0 Å². The van der Waals surface area contributed by atoms with Gasteiger partial charge in [0.1, 0.15) is 0 Å². The maximum Gasteiger partial charge on any atom is 0.237 e. The topological polar surface area (TPSA) is 93.4 Å². The number of rotatable bonds is 8. The van der Waals surface area contributed by atoms with Gasteiger partial charge in [0.05, 0.1) is 6.04 Å². The molecule has 0 radical (unpaired) electrons. The van der Waals surface area contributed by atoms with Crippen molar-refractivity contribution in [2.75, 3.05) is 20.3 Å². The van der Waals surface area contributed by atoms with Gasteiger partial charge in [0.2, 0.25) is 11.8 Å². The molecule has 6 nitrogen and oxygen atoms in total. The summed E-state index contributed by atoms with van der Waals surface area (Å²) in [6.45, 7) is 4.52. The Morgan fingerprint density at radius 2 is 2.00 bits per heavy atom. The molecule has 0 aromatic carbocycles. The molecule has 0 aliphatic carbocycles. The molecule has 0 fully saturated rings. The quantitative estimate of drug-likeness (QED) is 0.531. The summed E-state index contributed by atoms with van der Waals surface area (Å²) in [5, 5.41) is 5.35. The molecule has 0 spiro atoms. The van der Waals surface area contributed by atoms with E-state index in [2.05, 4.69) is 10.6 Å². The van der Waals surface area contributed by atoms with Crippen LogP contribution >= 0.6 is 0 Å². The maximum atomic E-state index is 11.4. The van der Waals surface area contributed by atoms with Gasteiger partial charge in [-0.3, -0.25) is 9.59 Å². The first-order valence-electron chi connectivity index (χ1n) is 5.79. The second-order valence-corrected chi connectivity index (χ2v) is 4.15. The van der Waals surface area contributed by atoms with E-state index >= 15 is 0 Å². The summed E-state index contributed by atoms with van der Waals surface area (Å²) >= 11 is 0. The summed E-state index contributed by atoms with van der Waals surface area (Å²) in [6.07, 6.45) is 0.738. The number of amides is 2. The molecule has 0 saturated heterocycles. The number of hydrogen-bond acceptors (Lipinski definition) is 4. The van der Waals surface area contributed by atoms with Gasteiger partial charge in [0, 0.05) is 32.7 Å². The molecule has 0 aliphatic heterocycles. The van der Waals surface area contributed by atoms with Crippen molar-refractivity contribution < 1.29 is 14.3 Å². The highest BCUT2D eigenvalue weighted by atomic mass is 16.5. The van der Waals surface area contributed by atoms with E-state index in [0.29, 0.717) is 19.6 Å². The lowest BCUT2D eigenvalue weighted by Crippen LogP contribution is -2.42. The van der Waals surface area contributed by atoms with Crippen LogP contribution in [0.25, 0.3) is 0 Å². The zero-order chi connectivity index (χ0) is 13.3. The van der Waals surface area contributed by atoms with Crippen LogP contribution in [0.1, 0.15) is 26.7 Å². The Labute approximate surface area is 102 Å². The van der Waals surface area contributed by atoms with Crippen molar-refractivity contribution in [2.24, 2.45) is 5.73 Å². The Morgan fingerprint density at radius 1 is 1.35 bits per heavy atom. The highest BCUT2D eigenvalue weighted by Gasteiger charge is 2.12. The molecule has 6 heteroatoms. The molecule has 1 unspecified atom stereocenters.